The Morgan fingerprint density at radius 1 is 1.06 bits per heavy atom. The first-order valence-corrected chi connectivity index (χ1v) is 6.43. The van der Waals surface area contributed by atoms with Gasteiger partial charge in [-0.05, 0) is 37.1 Å². The lowest BCUT2D eigenvalue weighted by molar-refractivity contribution is 0.277. The van der Waals surface area contributed by atoms with Crippen LogP contribution in [0.5, 0.6) is 0 Å². The Morgan fingerprint density at radius 3 is 2.29 bits per heavy atom. The highest BCUT2D eigenvalue weighted by atomic mass is 15.1. The Hall–Kier alpha value is -1.35. The molecule has 0 unspecified atom stereocenters. The fourth-order valence-electron chi connectivity index (χ4n) is 2.35. The molecule has 3 heteroatoms. The molecule has 1 aliphatic rings. The summed E-state index contributed by atoms with van der Waals surface area (Å²) in [7, 11) is 0. The van der Waals surface area contributed by atoms with Crippen molar-refractivity contribution in [1.29, 1.82) is 0 Å². The number of rotatable bonds is 3. The number of nitrogens with two attached hydrogens (primary N) is 1. The molecule has 1 aromatic rings. The van der Waals surface area contributed by atoms with E-state index in [1.165, 1.54) is 44.3 Å². The normalized spacial score (nSPS) is 18.4. The van der Waals surface area contributed by atoms with Crippen LogP contribution in [-0.2, 0) is 6.54 Å². The van der Waals surface area contributed by atoms with E-state index in [0.29, 0.717) is 0 Å². The summed E-state index contributed by atoms with van der Waals surface area (Å²) in [6, 6.07) is 8.48. The average Bonchev–Trinajstić information content (AvgIpc) is 2.61. The smallest absolute Gasteiger partial charge is 0.0538 e. The molecule has 0 spiro atoms. The van der Waals surface area contributed by atoms with Crippen LogP contribution >= 0.6 is 0 Å². The maximum Gasteiger partial charge on any atom is 0.0538 e. The van der Waals surface area contributed by atoms with Crippen molar-refractivity contribution in [2.45, 2.75) is 32.2 Å². The number of hydrogen-bond donors (Lipinski definition) is 1. The first kappa shape index (κ1) is 12.1. The van der Waals surface area contributed by atoms with E-state index >= 15 is 0 Å². The van der Waals surface area contributed by atoms with Crippen molar-refractivity contribution < 1.29 is 0 Å². The van der Waals surface area contributed by atoms with E-state index in [2.05, 4.69) is 34.3 Å². The third kappa shape index (κ3) is 3.86. The number of nitrogens with zero attached hydrogens (tertiary/aromatic N) is 2. The lowest BCUT2D eigenvalue weighted by atomic mass is 10.1. The fourth-order valence-corrected chi connectivity index (χ4v) is 2.35. The first-order chi connectivity index (χ1) is 8.38. The molecule has 0 bridgehead atoms. The van der Waals surface area contributed by atoms with Crippen LogP contribution in [0.3, 0.4) is 0 Å². The number of likely N-dealkylation sites (tertiary alicyclic amines) is 1. The van der Waals surface area contributed by atoms with Crippen molar-refractivity contribution in [3.8, 4) is 0 Å². The van der Waals surface area contributed by atoms with E-state index in [9.17, 15) is 0 Å². The van der Waals surface area contributed by atoms with Gasteiger partial charge < -0.3 is 5.84 Å². The van der Waals surface area contributed by atoms with Gasteiger partial charge >= 0.3 is 0 Å². The molecule has 2 rings (SSSR count). The quantitative estimate of drug-likeness (QED) is 0.493. The lowest BCUT2D eigenvalue weighted by Gasteiger charge is -2.19. The van der Waals surface area contributed by atoms with Crippen molar-refractivity contribution in [2.24, 2.45) is 10.9 Å². The number of hydrogen-bond acceptors (Lipinski definition) is 3. The predicted octanol–water partition coefficient (Wildman–Crippen LogP) is 2.36. The zero-order valence-corrected chi connectivity index (χ0v) is 10.3. The molecule has 0 atom stereocenters. The number of hydrazone groups is 1. The first-order valence-electron chi connectivity index (χ1n) is 6.43. The highest BCUT2D eigenvalue weighted by Gasteiger charge is 2.08. The van der Waals surface area contributed by atoms with E-state index in [1.807, 2.05) is 0 Å². The van der Waals surface area contributed by atoms with E-state index in [0.717, 1.165) is 12.1 Å². The second-order valence-electron chi connectivity index (χ2n) is 4.71. The van der Waals surface area contributed by atoms with Gasteiger partial charge in [-0.3, -0.25) is 4.90 Å². The molecule has 1 heterocycles. The molecule has 0 saturated carbocycles. The molecular weight excluding hydrogens is 210 g/mol. The zero-order chi connectivity index (χ0) is 11.9. The summed E-state index contributed by atoms with van der Waals surface area (Å²) in [4.78, 5) is 2.55. The molecule has 0 amide bonds. The number of benzene rings is 1. The fraction of sp³-hybridized carbons (Fsp3) is 0.500. The maximum absolute atomic E-state index is 5.13. The van der Waals surface area contributed by atoms with Crippen LogP contribution in [0.25, 0.3) is 0 Å². The minimum atomic E-state index is 1.06. The summed E-state index contributed by atoms with van der Waals surface area (Å²) in [6.07, 6.45) is 7.15. The topological polar surface area (TPSA) is 41.6 Å². The lowest BCUT2D eigenvalue weighted by Crippen LogP contribution is -2.23. The largest absolute Gasteiger partial charge is 0.323 e. The van der Waals surface area contributed by atoms with E-state index in [4.69, 9.17) is 5.84 Å². The van der Waals surface area contributed by atoms with Gasteiger partial charge in [-0.2, -0.15) is 5.10 Å². The maximum atomic E-state index is 5.13. The average molecular weight is 231 g/mol. The van der Waals surface area contributed by atoms with Crippen LogP contribution in [-0.4, -0.2) is 24.2 Å². The summed E-state index contributed by atoms with van der Waals surface area (Å²) >= 11 is 0. The molecule has 0 radical (unpaired) electrons. The standard InChI is InChI=1S/C14H21N3/c15-16-11-13-5-7-14(8-6-13)12-17-9-3-1-2-4-10-17/h5-8,11H,1-4,9-10,12,15H2. The summed E-state index contributed by atoms with van der Waals surface area (Å²) in [6.45, 7) is 3.55. The van der Waals surface area contributed by atoms with Gasteiger partial charge in [0.1, 0.15) is 0 Å². The molecule has 1 fully saturated rings. The summed E-state index contributed by atoms with van der Waals surface area (Å²) in [5.74, 6) is 5.13. The van der Waals surface area contributed by atoms with Crippen molar-refractivity contribution in [2.75, 3.05) is 13.1 Å². The minimum absolute atomic E-state index is 1.06. The van der Waals surface area contributed by atoms with Crippen LogP contribution in [0.15, 0.2) is 29.4 Å². The molecule has 1 saturated heterocycles. The van der Waals surface area contributed by atoms with E-state index in [-0.39, 0.29) is 0 Å². The summed E-state index contributed by atoms with van der Waals surface area (Å²) in [5, 5.41) is 3.53. The Kier molecular flexibility index (Phi) is 4.56. The molecule has 2 N–H and O–H groups in total. The van der Waals surface area contributed by atoms with Gasteiger partial charge in [-0.1, -0.05) is 37.1 Å². The van der Waals surface area contributed by atoms with Crippen LogP contribution < -0.4 is 5.84 Å². The van der Waals surface area contributed by atoms with Gasteiger partial charge in [0.2, 0.25) is 0 Å². The monoisotopic (exact) mass is 231 g/mol. The second-order valence-corrected chi connectivity index (χ2v) is 4.71. The van der Waals surface area contributed by atoms with Crippen molar-refractivity contribution in [3.63, 3.8) is 0 Å². The van der Waals surface area contributed by atoms with Crippen LogP contribution in [0, 0.1) is 0 Å². The molecule has 3 nitrogen and oxygen atoms in total. The van der Waals surface area contributed by atoms with E-state index < -0.39 is 0 Å². The van der Waals surface area contributed by atoms with E-state index in [1.54, 1.807) is 6.21 Å². The van der Waals surface area contributed by atoms with Gasteiger partial charge in [0.15, 0.2) is 0 Å². The molecule has 1 aliphatic heterocycles. The molecule has 0 aromatic heterocycles. The summed E-state index contributed by atoms with van der Waals surface area (Å²) in [5.41, 5.74) is 2.44. The third-order valence-electron chi connectivity index (χ3n) is 3.31. The van der Waals surface area contributed by atoms with Crippen molar-refractivity contribution >= 4 is 6.21 Å². The Balaban J connectivity index is 1.93. The van der Waals surface area contributed by atoms with Crippen LogP contribution in [0.4, 0.5) is 0 Å². The van der Waals surface area contributed by atoms with Gasteiger partial charge in [-0.25, -0.2) is 0 Å². The third-order valence-corrected chi connectivity index (χ3v) is 3.31. The SMILES string of the molecule is NN=Cc1ccc(CN2CCCCCC2)cc1. The second kappa shape index (κ2) is 6.40. The van der Waals surface area contributed by atoms with Crippen molar-refractivity contribution in [3.05, 3.63) is 35.4 Å². The van der Waals surface area contributed by atoms with Gasteiger partial charge in [0, 0.05) is 6.54 Å². The molecular formula is C14H21N3. The Labute approximate surface area is 103 Å². The Morgan fingerprint density at radius 2 is 1.71 bits per heavy atom. The molecule has 0 aliphatic carbocycles. The van der Waals surface area contributed by atoms with Crippen molar-refractivity contribution in [1.82, 2.24) is 4.90 Å². The highest BCUT2D eigenvalue weighted by Crippen LogP contribution is 2.13. The molecule has 92 valence electrons. The Bertz CT molecular complexity index is 348. The van der Waals surface area contributed by atoms with Crippen LogP contribution in [0.1, 0.15) is 36.8 Å². The van der Waals surface area contributed by atoms with Gasteiger partial charge in [0.25, 0.3) is 0 Å². The van der Waals surface area contributed by atoms with Gasteiger partial charge in [-0.15, -0.1) is 0 Å². The minimum Gasteiger partial charge on any atom is -0.323 e. The van der Waals surface area contributed by atoms with Crippen LogP contribution in [0.2, 0.25) is 0 Å². The summed E-state index contributed by atoms with van der Waals surface area (Å²) < 4.78 is 0. The zero-order valence-electron chi connectivity index (χ0n) is 10.3. The molecule has 17 heavy (non-hydrogen) atoms. The van der Waals surface area contributed by atoms with Gasteiger partial charge in [0.05, 0.1) is 6.21 Å². The highest BCUT2D eigenvalue weighted by molar-refractivity contribution is 5.79. The molecule has 1 aromatic carbocycles. The predicted molar refractivity (Wildman–Crippen MR) is 72.0 cm³/mol.